The van der Waals surface area contributed by atoms with E-state index in [1.54, 1.807) is 6.26 Å². The molecule has 27 heavy (non-hydrogen) atoms. The van der Waals surface area contributed by atoms with Crippen LogP contribution in [0.4, 0.5) is 5.13 Å². The van der Waals surface area contributed by atoms with Crippen molar-refractivity contribution < 1.29 is 9.21 Å². The third-order valence-corrected chi connectivity index (χ3v) is 5.38. The minimum Gasteiger partial charge on any atom is -0.461 e. The van der Waals surface area contributed by atoms with Gasteiger partial charge in [-0.15, -0.1) is 20.4 Å². The fourth-order valence-electron chi connectivity index (χ4n) is 2.42. The van der Waals surface area contributed by atoms with Gasteiger partial charge in [0.25, 0.3) is 0 Å². The molecule has 3 aromatic rings. The molecule has 0 bridgehead atoms. The fraction of sp³-hybridized carbons (Fsp3) is 0.471. The molecular formula is C17H22N6O2S2. The largest absolute Gasteiger partial charge is 0.461 e. The van der Waals surface area contributed by atoms with E-state index < -0.39 is 0 Å². The second-order valence-corrected chi connectivity index (χ2v) is 8.38. The Balaban J connectivity index is 1.65. The van der Waals surface area contributed by atoms with Crippen molar-refractivity contribution in [2.24, 2.45) is 5.92 Å². The smallest absolute Gasteiger partial charge is 0.236 e. The number of rotatable bonds is 9. The molecule has 0 aliphatic carbocycles. The maximum atomic E-state index is 12.3. The summed E-state index contributed by atoms with van der Waals surface area (Å²) in [7, 11) is 0. The SMILES string of the molecule is CCCc1nnc(NC(=O)CSc2nnc(-c3ccco3)n2CC(C)C)s1. The fourth-order valence-corrected chi connectivity index (χ4v) is 4.02. The van der Waals surface area contributed by atoms with Crippen LogP contribution in [0.5, 0.6) is 0 Å². The van der Waals surface area contributed by atoms with E-state index in [2.05, 4.69) is 46.5 Å². The average molecular weight is 407 g/mol. The first kappa shape index (κ1) is 19.6. The Bertz CT molecular complexity index is 872. The highest BCUT2D eigenvalue weighted by molar-refractivity contribution is 7.99. The monoisotopic (exact) mass is 406 g/mol. The molecule has 3 aromatic heterocycles. The van der Waals surface area contributed by atoms with Crippen molar-refractivity contribution in [3.05, 3.63) is 23.4 Å². The van der Waals surface area contributed by atoms with Crippen molar-refractivity contribution in [3.8, 4) is 11.6 Å². The van der Waals surface area contributed by atoms with Crippen LogP contribution in [0, 0.1) is 5.92 Å². The zero-order chi connectivity index (χ0) is 19.2. The van der Waals surface area contributed by atoms with Crippen molar-refractivity contribution in [2.75, 3.05) is 11.1 Å². The molecule has 0 fully saturated rings. The lowest BCUT2D eigenvalue weighted by atomic mass is 10.2. The standard InChI is InChI=1S/C17H22N6O2S2/c1-4-6-14-19-21-16(27-14)18-13(24)10-26-17-22-20-15(12-7-5-8-25-12)23(17)9-11(2)3/h5,7-8,11H,4,6,9-10H2,1-3H3,(H,18,21,24). The Hall–Kier alpha value is -2.20. The lowest BCUT2D eigenvalue weighted by Gasteiger charge is -2.11. The maximum absolute atomic E-state index is 12.3. The molecule has 0 spiro atoms. The number of nitrogens with zero attached hydrogens (tertiary/aromatic N) is 5. The molecule has 1 N–H and O–H groups in total. The van der Waals surface area contributed by atoms with Crippen molar-refractivity contribution in [2.45, 2.75) is 45.3 Å². The number of carbonyl (C=O) groups excluding carboxylic acids is 1. The molecule has 8 nitrogen and oxygen atoms in total. The zero-order valence-corrected chi connectivity index (χ0v) is 17.1. The van der Waals surface area contributed by atoms with E-state index in [9.17, 15) is 4.79 Å². The number of furan rings is 1. The Morgan fingerprint density at radius 2 is 2.19 bits per heavy atom. The van der Waals surface area contributed by atoms with Crippen LogP contribution in [-0.2, 0) is 17.8 Å². The number of anilines is 1. The number of thioether (sulfide) groups is 1. The molecule has 0 unspecified atom stereocenters. The molecule has 0 aromatic carbocycles. The van der Waals surface area contributed by atoms with Crippen molar-refractivity contribution in [1.29, 1.82) is 0 Å². The summed E-state index contributed by atoms with van der Waals surface area (Å²) in [5.41, 5.74) is 0. The van der Waals surface area contributed by atoms with Crippen LogP contribution in [0.2, 0.25) is 0 Å². The maximum Gasteiger partial charge on any atom is 0.236 e. The number of aromatic nitrogens is 5. The van der Waals surface area contributed by atoms with Crippen molar-refractivity contribution >= 4 is 34.1 Å². The number of carbonyl (C=O) groups is 1. The highest BCUT2D eigenvalue weighted by atomic mass is 32.2. The first-order valence-corrected chi connectivity index (χ1v) is 10.6. The van der Waals surface area contributed by atoms with Crippen LogP contribution in [-0.4, -0.2) is 36.6 Å². The third kappa shape index (κ3) is 5.16. The third-order valence-electron chi connectivity index (χ3n) is 3.52. The highest BCUT2D eigenvalue weighted by Gasteiger charge is 2.18. The van der Waals surface area contributed by atoms with Crippen molar-refractivity contribution in [1.82, 2.24) is 25.0 Å². The molecule has 3 heterocycles. The van der Waals surface area contributed by atoms with Gasteiger partial charge in [-0.1, -0.05) is 43.9 Å². The summed E-state index contributed by atoms with van der Waals surface area (Å²) < 4.78 is 7.45. The van der Waals surface area contributed by atoms with E-state index in [1.165, 1.54) is 23.1 Å². The van der Waals surface area contributed by atoms with Gasteiger partial charge in [0.1, 0.15) is 5.01 Å². The van der Waals surface area contributed by atoms with Gasteiger partial charge in [-0.05, 0) is 24.5 Å². The molecule has 0 saturated heterocycles. The van der Waals surface area contributed by atoms with Gasteiger partial charge < -0.3 is 4.42 Å². The van der Waals surface area contributed by atoms with Gasteiger partial charge in [-0.3, -0.25) is 14.7 Å². The summed E-state index contributed by atoms with van der Waals surface area (Å²) in [6, 6.07) is 3.67. The Labute approximate surface area is 165 Å². The highest BCUT2D eigenvalue weighted by Crippen LogP contribution is 2.26. The summed E-state index contributed by atoms with van der Waals surface area (Å²) in [6.45, 7) is 7.07. The van der Waals surface area contributed by atoms with Gasteiger partial charge in [0.05, 0.1) is 12.0 Å². The predicted octanol–water partition coefficient (Wildman–Crippen LogP) is 3.73. The van der Waals surface area contributed by atoms with E-state index >= 15 is 0 Å². The van der Waals surface area contributed by atoms with Crippen LogP contribution >= 0.6 is 23.1 Å². The van der Waals surface area contributed by atoms with E-state index in [-0.39, 0.29) is 11.7 Å². The Morgan fingerprint density at radius 3 is 2.89 bits per heavy atom. The second kappa shape index (κ2) is 9.14. The lowest BCUT2D eigenvalue weighted by molar-refractivity contribution is -0.113. The van der Waals surface area contributed by atoms with Crippen LogP contribution in [0.15, 0.2) is 28.0 Å². The molecular weight excluding hydrogens is 384 g/mol. The van der Waals surface area contributed by atoms with Crippen LogP contribution in [0.25, 0.3) is 11.6 Å². The van der Waals surface area contributed by atoms with Gasteiger partial charge >= 0.3 is 0 Å². The van der Waals surface area contributed by atoms with E-state index in [1.807, 2.05) is 16.7 Å². The summed E-state index contributed by atoms with van der Waals surface area (Å²) in [5.74, 6) is 1.82. The Morgan fingerprint density at radius 1 is 1.33 bits per heavy atom. The van der Waals surface area contributed by atoms with E-state index in [0.29, 0.717) is 27.8 Å². The minimum atomic E-state index is -0.141. The average Bonchev–Trinajstić information content (AvgIpc) is 3.34. The summed E-state index contributed by atoms with van der Waals surface area (Å²) in [5, 5.41) is 21.5. The molecule has 0 saturated carbocycles. The normalized spacial score (nSPS) is 11.3. The number of hydrogen-bond acceptors (Lipinski definition) is 8. The molecule has 10 heteroatoms. The second-order valence-electron chi connectivity index (χ2n) is 6.38. The molecule has 0 radical (unpaired) electrons. The molecule has 1 amide bonds. The lowest BCUT2D eigenvalue weighted by Crippen LogP contribution is -2.15. The number of aryl methyl sites for hydroxylation is 1. The predicted molar refractivity (Wildman–Crippen MR) is 106 cm³/mol. The molecule has 144 valence electrons. The molecule has 0 atom stereocenters. The van der Waals surface area contributed by atoms with Gasteiger partial charge in [-0.25, -0.2) is 0 Å². The number of amides is 1. The van der Waals surface area contributed by atoms with Gasteiger partial charge in [0, 0.05) is 13.0 Å². The molecule has 3 rings (SSSR count). The van der Waals surface area contributed by atoms with Gasteiger partial charge in [0.15, 0.2) is 16.7 Å². The van der Waals surface area contributed by atoms with Gasteiger partial charge in [0.2, 0.25) is 11.0 Å². The Kier molecular flexibility index (Phi) is 6.62. The quantitative estimate of drug-likeness (QED) is 0.541. The topological polar surface area (TPSA) is 98.7 Å². The van der Waals surface area contributed by atoms with E-state index in [0.717, 1.165) is 24.4 Å². The number of nitrogens with one attached hydrogen (secondary N) is 1. The molecule has 0 aliphatic rings. The first-order chi connectivity index (χ1) is 13.1. The molecule has 0 aliphatic heterocycles. The van der Waals surface area contributed by atoms with Gasteiger partial charge in [-0.2, -0.15) is 0 Å². The van der Waals surface area contributed by atoms with Crippen LogP contribution < -0.4 is 5.32 Å². The zero-order valence-electron chi connectivity index (χ0n) is 15.5. The number of hydrogen-bond donors (Lipinski definition) is 1. The first-order valence-electron chi connectivity index (χ1n) is 8.79. The summed E-state index contributed by atoms with van der Waals surface area (Å²) in [4.78, 5) is 12.3. The van der Waals surface area contributed by atoms with E-state index in [4.69, 9.17) is 4.42 Å². The summed E-state index contributed by atoms with van der Waals surface area (Å²) in [6.07, 6.45) is 3.48. The van der Waals surface area contributed by atoms with Crippen LogP contribution in [0.3, 0.4) is 0 Å². The minimum absolute atomic E-state index is 0.141. The summed E-state index contributed by atoms with van der Waals surface area (Å²) >= 11 is 2.76. The van der Waals surface area contributed by atoms with Crippen molar-refractivity contribution in [3.63, 3.8) is 0 Å². The van der Waals surface area contributed by atoms with Crippen LogP contribution in [0.1, 0.15) is 32.2 Å².